The lowest BCUT2D eigenvalue weighted by Gasteiger charge is -2.30. The average molecular weight is 750 g/mol. The van der Waals surface area contributed by atoms with Crippen molar-refractivity contribution in [3.8, 4) is 17.1 Å². The second-order valence-corrected chi connectivity index (χ2v) is 16.3. The van der Waals surface area contributed by atoms with Gasteiger partial charge in [-0.05, 0) is 77.3 Å². The zero-order chi connectivity index (χ0) is 38.5. The molecule has 0 spiro atoms. The van der Waals surface area contributed by atoms with E-state index < -0.39 is 22.1 Å². The molecule has 0 saturated heterocycles. The fourth-order valence-corrected chi connectivity index (χ4v) is 6.03. The summed E-state index contributed by atoms with van der Waals surface area (Å²) in [6, 6.07) is 19.9. The second kappa shape index (κ2) is 16.2. The van der Waals surface area contributed by atoms with E-state index in [-0.39, 0.29) is 29.0 Å². The minimum Gasteiger partial charge on any atom is -0.493 e. The molecule has 0 radical (unpaired) electrons. The lowest BCUT2D eigenvalue weighted by molar-refractivity contribution is -0.139. The van der Waals surface area contributed by atoms with Crippen LogP contribution in [-0.4, -0.2) is 44.4 Å². The van der Waals surface area contributed by atoms with Gasteiger partial charge in [-0.15, -0.1) is 15.0 Å². The van der Waals surface area contributed by atoms with Gasteiger partial charge in [-0.3, -0.25) is 14.4 Å². The Balaban J connectivity index is 1.43. The summed E-state index contributed by atoms with van der Waals surface area (Å²) in [6.07, 6.45) is 2.71. The third-order valence-corrected chi connectivity index (χ3v) is 10.4. The van der Waals surface area contributed by atoms with E-state index in [1.807, 2.05) is 0 Å². The van der Waals surface area contributed by atoms with E-state index in [0.29, 0.717) is 35.0 Å². The van der Waals surface area contributed by atoms with Gasteiger partial charge >= 0.3 is 0 Å². The highest BCUT2D eigenvalue weighted by atomic mass is 35.5. The van der Waals surface area contributed by atoms with Crippen molar-refractivity contribution in [2.45, 2.75) is 104 Å². The third kappa shape index (κ3) is 9.19. The van der Waals surface area contributed by atoms with Crippen LogP contribution in [0.4, 0.5) is 11.4 Å². The normalized spacial score (nSPS) is 13.3. The molecule has 4 rings (SSSR count). The number of hydrogen-bond donors (Lipinski definition) is 2. The summed E-state index contributed by atoms with van der Waals surface area (Å²) in [5.41, 5.74) is 2.60. The second-order valence-electron chi connectivity index (χ2n) is 15.3. The van der Waals surface area contributed by atoms with Gasteiger partial charge in [0.15, 0.2) is 5.78 Å². The Kier molecular flexibility index (Phi) is 12.6. The van der Waals surface area contributed by atoms with E-state index in [9.17, 15) is 14.4 Å². The topological polar surface area (TPSA) is 128 Å². The highest BCUT2D eigenvalue weighted by Crippen LogP contribution is 2.39. The molecule has 0 bridgehead atoms. The van der Waals surface area contributed by atoms with Crippen molar-refractivity contribution in [1.82, 2.24) is 20.2 Å². The fourth-order valence-electron chi connectivity index (χ4n) is 5.40. The first-order valence-electron chi connectivity index (χ1n) is 17.6. The van der Waals surface area contributed by atoms with Gasteiger partial charge in [0, 0.05) is 34.3 Å². The Morgan fingerprint density at radius 1 is 0.827 bits per heavy atom. The number of halogens is 2. The molecule has 1 aromatic heterocycles. The molecule has 52 heavy (non-hydrogen) atoms. The van der Waals surface area contributed by atoms with Crippen LogP contribution in [0, 0.1) is 5.41 Å². The zero-order valence-corrected chi connectivity index (χ0v) is 33.1. The standard InChI is InChI=1S/C40H50Cl2N6O4/c1-10-38(6,7)26-21-22-32(30(24-26)39(8,9)11-2)52-23-15-20-33(49)43-27-16-14-17-28(25-27)44-36(51)40(42,35(50)37(3,4)5)48-46-34(45-47-48)29-18-12-13-19-31(29)41/h12-14,16-19,21-22,24-25H,10-11,15,20,23H2,1-9H3,(H,43,49)(H,44,51). The van der Waals surface area contributed by atoms with E-state index in [2.05, 4.69) is 85.8 Å². The molecule has 1 heterocycles. The van der Waals surface area contributed by atoms with Gasteiger partial charge in [-0.1, -0.05) is 116 Å². The summed E-state index contributed by atoms with van der Waals surface area (Å²) in [6.45, 7) is 18.6. The van der Waals surface area contributed by atoms with Crippen molar-refractivity contribution in [2.75, 3.05) is 17.2 Å². The van der Waals surface area contributed by atoms with Crippen LogP contribution in [0.1, 0.15) is 99.1 Å². The van der Waals surface area contributed by atoms with E-state index in [0.717, 1.165) is 23.4 Å². The number of anilines is 2. The number of ketones is 1. The maximum atomic E-state index is 13.8. The number of amides is 2. The van der Waals surface area contributed by atoms with Crippen molar-refractivity contribution in [3.05, 3.63) is 82.9 Å². The molecular weight excluding hydrogens is 699 g/mol. The maximum Gasteiger partial charge on any atom is 0.292 e. The first kappa shape index (κ1) is 40.5. The summed E-state index contributed by atoms with van der Waals surface area (Å²) >= 11 is 13.2. The van der Waals surface area contributed by atoms with E-state index in [4.69, 9.17) is 27.9 Å². The molecule has 1 atom stereocenters. The number of nitrogens with one attached hydrogen (secondary N) is 2. The number of benzene rings is 3. The molecular formula is C40H50Cl2N6O4. The van der Waals surface area contributed by atoms with Gasteiger partial charge in [0.1, 0.15) is 5.75 Å². The number of hydrogen-bond acceptors (Lipinski definition) is 7. The highest BCUT2D eigenvalue weighted by Gasteiger charge is 2.53. The quantitative estimate of drug-likeness (QED) is 0.0705. The van der Waals surface area contributed by atoms with Crippen LogP contribution in [0.15, 0.2) is 66.7 Å². The zero-order valence-electron chi connectivity index (χ0n) is 31.6. The van der Waals surface area contributed by atoms with Gasteiger partial charge in [0.25, 0.3) is 10.9 Å². The molecule has 10 nitrogen and oxygen atoms in total. The van der Waals surface area contributed by atoms with Crippen LogP contribution >= 0.6 is 23.2 Å². The summed E-state index contributed by atoms with van der Waals surface area (Å²) in [5, 5.41) is 18.2. The Morgan fingerprint density at radius 2 is 1.48 bits per heavy atom. The summed E-state index contributed by atoms with van der Waals surface area (Å²) < 4.78 is 6.24. The van der Waals surface area contributed by atoms with Gasteiger partial charge in [0.2, 0.25) is 11.7 Å². The van der Waals surface area contributed by atoms with E-state index >= 15 is 0 Å². The van der Waals surface area contributed by atoms with Crippen molar-refractivity contribution in [1.29, 1.82) is 0 Å². The van der Waals surface area contributed by atoms with E-state index in [1.54, 1.807) is 69.3 Å². The first-order valence-corrected chi connectivity index (χ1v) is 18.4. The number of Topliss-reactive ketones (excluding diaryl/α,β-unsaturated/α-hetero) is 1. The number of rotatable bonds is 15. The molecule has 1 unspecified atom stereocenters. The Morgan fingerprint density at radius 3 is 2.12 bits per heavy atom. The molecule has 0 fully saturated rings. The van der Waals surface area contributed by atoms with Gasteiger partial charge < -0.3 is 15.4 Å². The molecule has 2 amide bonds. The molecule has 278 valence electrons. The number of carbonyl (C=O) groups excluding carboxylic acids is 3. The predicted molar refractivity (Wildman–Crippen MR) is 208 cm³/mol. The van der Waals surface area contributed by atoms with Gasteiger partial charge in [-0.25, -0.2) is 0 Å². The molecule has 2 N–H and O–H groups in total. The molecule has 0 aliphatic carbocycles. The number of ether oxygens (including phenoxy) is 1. The van der Waals surface area contributed by atoms with Gasteiger partial charge in [-0.2, -0.15) is 0 Å². The minimum absolute atomic E-state index is 0.0581. The molecule has 0 aliphatic rings. The predicted octanol–water partition coefficient (Wildman–Crippen LogP) is 9.31. The summed E-state index contributed by atoms with van der Waals surface area (Å²) in [4.78, 5) is 38.9. The smallest absolute Gasteiger partial charge is 0.292 e. The van der Waals surface area contributed by atoms with Crippen LogP contribution in [0.3, 0.4) is 0 Å². The molecule has 3 aromatic carbocycles. The Bertz CT molecular complexity index is 1920. The SMILES string of the molecule is CCC(C)(C)c1ccc(OCCCC(=O)Nc2cccc(NC(=O)C(Cl)(C(=O)C(C)(C)C)n3nnc(-c4ccccc4Cl)n3)c2)c(C(C)(C)CC)c1. The maximum absolute atomic E-state index is 13.8. The van der Waals surface area contributed by atoms with Crippen molar-refractivity contribution < 1.29 is 19.1 Å². The monoisotopic (exact) mass is 748 g/mol. The molecule has 12 heteroatoms. The van der Waals surface area contributed by atoms with Crippen molar-refractivity contribution in [3.63, 3.8) is 0 Å². The molecule has 0 aliphatic heterocycles. The van der Waals surface area contributed by atoms with E-state index in [1.165, 1.54) is 11.1 Å². The average Bonchev–Trinajstić information content (AvgIpc) is 3.60. The number of carbonyl (C=O) groups is 3. The third-order valence-electron chi connectivity index (χ3n) is 9.55. The van der Waals surface area contributed by atoms with Crippen molar-refractivity contribution in [2.24, 2.45) is 5.41 Å². The Labute approximate surface area is 317 Å². The largest absolute Gasteiger partial charge is 0.493 e. The number of alkyl halides is 1. The summed E-state index contributed by atoms with van der Waals surface area (Å²) in [7, 11) is 0. The van der Waals surface area contributed by atoms with Crippen LogP contribution in [0.25, 0.3) is 11.4 Å². The lowest BCUT2D eigenvalue weighted by atomic mass is 9.76. The van der Waals surface area contributed by atoms with Crippen LogP contribution < -0.4 is 15.4 Å². The lowest BCUT2D eigenvalue weighted by Crippen LogP contribution is -2.52. The minimum atomic E-state index is -2.39. The van der Waals surface area contributed by atoms with Crippen LogP contribution in [0.2, 0.25) is 5.02 Å². The fraction of sp³-hybridized carbons (Fsp3) is 0.450. The molecule has 4 aromatic rings. The van der Waals surface area contributed by atoms with Crippen LogP contribution in [-0.2, 0) is 30.2 Å². The first-order chi connectivity index (χ1) is 24.3. The number of tetrazole rings is 1. The van der Waals surface area contributed by atoms with Crippen molar-refractivity contribution >= 4 is 52.2 Å². The Hall–Kier alpha value is -4.28. The van der Waals surface area contributed by atoms with Crippen LogP contribution in [0.5, 0.6) is 5.75 Å². The molecule has 0 saturated carbocycles. The summed E-state index contributed by atoms with van der Waals surface area (Å²) in [5.74, 6) is -0.822. The van der Waals surface area contributed by atoms with Gasteiger partial charge in [0.05, 0.1) is 11.6 Å². The number of nitrogens with zero attached hydrogens (tertiary/aromatic N) is 4. The number of aromatic nitrogens is 4. The highest BCUT2D eigenvalue weighted by molar-refractivity contribution is 6.45.